The second-order valence-electron chi connectivity index (χ2n) is 5.99. The van der Waals surface area contributed by atoms with Crippen molar-refractivity contribution in [1.29, 1.82) is 0 Å². The van der Waals surface area contributed by atoms with Crippen LogP contribution in [0.2, 0.25) is 5.02 Å². The normalized spacial score (nSPS) is 12.0. The maximum atomic E-state index is 12.5. The van der Waals surface area contributed by atoms with Crippen molar-refractivity contribution in [3.8, 4) is 0 Å². The molecule has 0 saturated carbocycles. The number of benzene rings is 2. The molecule has 0 heterocycles. The molecule has 2 rings (SSSR count). The summed E-state index contributed by atoms with van der Waals surface area (Å²) in [4.78, 5) is 22.8. The van der Waals surface area contributed by atoms with Gasteiger partial charge in [-0.1, -0.05) is 55.8 Å². The molecule has 0 fully saturated rings. The fourth-order valence-electron chi connectivity index (χ4n) is 2.47. The average molecular weight is 347 g/mol. The smallest absolute Gasteiger partial charge is 0.270 e. The van der Waals surface area contributed by atoms with Crippen LogP contribution in [0.3, 0.4) is 0 Å². The minimum absolute atomic E-state index is 0.0676. The van der Waals surface area contributed by atoms with Crippen molar-refractivity contribution in [3.63, 3.8) is 0 Å². The van der Waals surface area contributed by atoms with Gasteiger partial charge in [-0.15, -0.1) is 0 Å². The highest BCUT2D eigenvalue weighted by atomic mass is 35.5. The number of carbonyl (C=O) groups is 1. The van der Waals surface area contributed by atoms with E-state index >= 15 is 0 Å². The minimum atomic E-state index is -0.543. The van der Waals surface area contributed by atoms with E-state index in [0.29, 0.717) is 5.92 Å². The van der Waals surface area contributed by atoms with E-state index in [1.54, 1.807) is 0 Å². The summed E-state index contributed by atoms with van der Waals surface area (Å²) in [5, 5.41) is 13.8. The molecule has 0 bridgehead atoms. The molecule has 2 aromatic carbocycles. The van der Waals surface area contributed by atoms with E-state index in [-0.39, 0.29) is 28.2 Å². The summed E-state index contributed by atoms with van der Waals surface area (Å²) in [5.74, 6) is 0.0484. The number of nitro groups is 1. The van der Waals surface area contributed by atoms with Gasteiger partial charge < -0.3 is 5.32 Å². The van der Waals surface area contributed by atoms with Crippen LogP contribution in [0.4, 0.5) is 5.69 Å². The Bertz CT molecular complexity index is 732. The van der Waals surface area contributed by atoms with Crippen molar-refractivity contribution in [1.82, 2.24) is 5.32 Å². The monoisotopic (exact) mass is 346 g/mol. The molecule has 1 amide bonds. The van der Waals surface area contributed by atoms with E-state index in [1.807, 2.05) is 30.3 Å². The van der Waals surface area contributed by atoms with Crippen molar-refractivity contribution >= 4 is 23.2 Å². The van der Waals surface area contributed by atoms with Crippen LogP contribution in [-0.4, -0.2) is 10.8 Å². The molecule has 6 heteroatoms. The van der Waals surface area contributed by atoms with Gasteiger partial charge in [-0.2, -0.15) is 0 Å². The topological polar surface area (TPSA) is 72.2 Å². The van der Waals surface area contributed by atoms with Gasteiger partial charge in [0.2, 0.25) is 0 Å². The quantitative estimate of drug-likeness (QED) is 0.605. The van der Waals surface area contributed by atoms with Crippen molar-refractivity contribution < 1.29 is 9.72 Å². The average Bonchev–Trinajstić information content (AvgIpc) is 2.54. The van der Waals surface area contributed by atoms with Crippen LogP contribution in [-0.2, 0) is 0 Å². The van der Waals surface area contributed by atoms with Gasteiger partial charge in [-0.3, -0.25) is 14.9 Å². The van der Waals surface area contributed by atoms with Crippen LogP contribution in [0.5, 0.6) is 0 Å². The van der Waals surface area contributed by atoms with Gasteiger partial charge in [0.1, 0.15) is 0 Å². The first-order chi connectivity index (χ1) is 11.4. The Hall–Kier alpha value is -2.40. The molecule has 24 heavy (non-hydrogen) atoms. The zero-order valence-electron chi connectivity index (χ0n) is 13.5. The summed E-state index contributed by atoms with van der Waals surface area (Å²) in [5.41, 5.74) is 1.10. The van der Waals surface area contributed by atoms with Gasteiger partial charge in [0.05, 0.1) is 21.6 Å². The molecule has 1 unspecified atom stereocenters. The fourth-order valence-corrected chi connectivity index (χ4v) is 2.73. The van der Waals surface area contributed by atoms with E-state index in [4.69, 9.17) is 11.6 Å². The zero-order valence-corrected chi connectivity index (χ0v) is 14.3. The molecule has 1 N–H and O–H groups in total. The zero-order chi connectivity index (χ0) is 17.7. The molecule has 0 aromatic heterocycles. The summed E-state index contributed by atoms with van der Waals surface area (Å²) >= 11 is 6.04. The van der Waals surface area contributed by atoms with Gasteiger partial charge in [-0.25, -0.2) is 0 Å². The summed E-state index contributed by atoms with van der Waals surface area (Å²) in [7, 11) is 0. The molecule has 0 spiro atoms. The Labute approximate surface area is 145 Å². The number of hydrogen-bond acceptors (Lipinski definition) is 3. The molecule has 0 aliphatic carbocycles. The van der Waals surface area contributed by atoms with E-state index in [2.05, 4.69) is 19.2 Å². The highest BCUT2D eigenvalue weighted by molar-refractivity contribution is 6.34. The highest BCUT2D eigenvalue weighted by Gasteiger charge is 2.20. The van der Waals surface area contributed by atoms with Crippen LogP contribution in [0.25, 0.3) is 0 Å². The van der Waals surface area contributed by atoms with Crippen LogP contribution in [0.1, 0.15) is 42.2 Å². The Morgan fingerprint density at radius 2 is 1.88 bits per heavy atom. The first-order valence-corrected chi connectivity index (χ1v) is 8.06. The van der Waals surface area contributed by atoms with Crippen molar-refractivity contribution in [2.75, 3.05) is 0 Å². The first kappa shape index (κ1) is 17.9. The number of nitro benzene ring substituents is 1. The molecule has 2 aromatic rings. The predicted octanol–water partition coefficient (Wildman–Crippen LogP) is 4.77. The van der Waals surface area contributed by atoms with Gasteiger partial charge in [0.25, 0.3) is 11.6 Å². The third-order valence-electron chi connectivity index (χ3n) is 3.62. The lowest BCUT2D eigenvalue weighted by Gasteiger charge is -2.21. The molecule has 0 aliphatic heterocycles. The first-order valence-electron chi connectivity index (χ1n) is 7.68. The van der Waals surface area contributed by atoms with Gasteiger partial charge >= 0.3 is 0 Å². The number of carbonyl (C=O) groups excluding carboxylic acids is 1. The number of nitrogens with one attached hydrogen (secondary N) is 1. The Morgan fingerprint density at radius 3 is 2.42 bits per heavy atom. The number of nitrogens with zero attached hydrogens (tertiary/aromatic N) is 1. The fraction of sp³-hybridized carbons (Fsp3) is 0.278. The number of rotatable bonds is 6. The van der Waals surface area contributed by atoms with Gasteiger partial charge in [0, 0.05) is 12.1 Å². The van der Waals surface area contributed by atoms with Gasteiger partial charge in [0.15, 0.2) is 0 Å². The molecule has 0 aliphatic rings. The Morgan fingerprint density at radius 1 is 1.21 bits per heavy atom. The lowest BCUT2D eigenvalue weighted by Crippen LogP contribution is -2.29. The molecular weight excluding hydrogens is 328 g/mol. The standard InChI is InChI=1S/C18H19ClN2O3/c1-12(2)10-17(13-6-4-3-5-7-13)20-18(22)15-9-8-14(21(23)24)11-16(15)19/h3-9,11-12,17H,10H2,1-2H3,(H,20,22). The van der Waals surface area contributed by atoms with Crippen LogP contribution < -0.4 is 5.32 Å². The number of non-ortho nitro benzene ring substituents is 1. The lowest BCUT2D eigenvalue weighted by molar-refractivity contribution is -0.384. The number of amides is 1. The van der Waals surface area contributed by atoms with E-state index in [9.17, 15) is 14.9 Å². The molecule has 0 saturated heterocycles. The van der Waals surface area contributed by atoms with Crippen LogP contribution in [0, 0.1) is 16.0 Å². The lowest BCUT2D eigenvalue weighted by atomic mass is 9.96. The van der Waals surface area contributed by atoms with E-state index < -0.39 is 4.92 Å². The summed E-state index contributed by atoms with van der Waals surface area (Å²) in [6.07, 6.45) is 0.778. The van der Waals surface area contributed by atoms with Crippen molar-refractivity contribution in [2.24, 2.45) is 5.92 Å². The summed E-state index contributed by atoms with van der Waals surface area (Å²) < 4.78 is 0. The maximum absolute atomic E-state index is 12.5. The third-order valence-corrected chi connectivity index (χ3v) is 3.94. The highest BCUT2D eigenvalue weighted by Crippen LogP contribution is 2.25. The van der Waals surface area contributed by atoms with E-state index in [0.717, 1.165) is 12.0 Å². The number of halogens is 1. The van der Waals surface area contributed by atoms with Crippen LogP contribution >= 0.6 is 11.6 Å². The Kier molecular flexibility index (Phi) is 5.93. The molecule has 1 atom stereocenters. The minimum Gasteiger partial charge on any atom is -0.345 e. The maximum Gasteiger partial charge on any atom is 0.270 e. The molecular formula is C18H19ClN2O3. The van der Waals surface area contributed by atoms with Crippen LogP contribution in [0.15, 0.2) is 48.5 Å². The second-order valence-corrected chi connectivity index (χ2v) is 6.39. The molecule has 0 radical (unpaired) electrons. The molecule has 126 valence electrons. The largest absolute Gasteiger partial charge is 0.345 e. The SMILES string of the molecule is CC(C)CC(NC(=O)c1ccc([N+](=O)[O-])cc1Cl)c1ccccc1. The Balaban J connectivity index is 2.23. The molecule has 5 nitrogen and oxygen atoms in total. The van der Waals surface area contributed by atoms with Crippen molar-refractivity contribution in [2.45, 2.75) is 26.3 Å². The second kappa shape index (κ2) is 7.93. The summed E-state index contributed by atoms with van der Waals surface area (Å²) in [6.45, 7) is 4.17. The van der Waals surface area contributed by atoms with Gasteiger partial charge in [-0.05, 0) is 24.0 Å². The van der Waals surface area contributed by atoms with E-state index in [1.165, 1.54) is 18.2 Å². The third kappa shape index (κ3) is 4.55. The van der Waals surface area contributed by atoms with Crippen molar-refractivity contribution in [3.05, 3.63) is 74.8 Å². The predicted molar refractivity (Wildman–Crippen MR) is 94.2 cm³/mol. The number of hydrogen-bond donors (Lipinski definition) is 1. The summed E-state index contributed by atoms with van der Waals surface area (Å²) in [6, 6.07) is 13.4.